The Bertz CT molecular complexity index is 1380. The molecule has 7 heteroatoms. The van der Waals surface area contributed by atoms with Crippen molar-refractivity contribution < 1.29 is 9.18 Å². The Morgan fingerprint density at radius 1 is 1.10 bits per heavy atom. The molecule has 0 aliphatic carbocycles. The molecule has 0 radical (unpaired) electrons. The molecule has 3 aromatic carbocycles. The van der Waals surface area contributed by atoms with Gasteiger partial charge in [0.2, 0.25) is 0 Å². The maximum absolute atomic E-state index is 13.7. The van der Waals surface area contributed by atoms with Gasteiger partial charge in [0, 0.05) is 11.3 Å². The second-order valence-electron chi connectivity index (χ2n) is 6.99. The van der Waals surface area contributed by atoms with Gasteiger partial charge in [-0.25, -0.2) is 4.39 Å². The van der Waals surface area contributed by atoms with Crippen LogP contribution in [0.1, 0.15) is 21.5 Å². The number of nitrogens with zero attached hydrogens (tertiary/aromatic N) is 1. The number of hydrogen-bond donors (Lipinski definition) is 2. The highest BCUT2D eigenvalue weighted by atomic mass is 32.1. The van der Waals surface area contributed by atoms with Crippen molar-refractivity contribution >= 4 is 34.7 Å². The van der Waals surface area contributed by atoms with E-state index in [0.717, 1.165) is 5.56 Å². The summed E-state index contributed by atoms with van der Waals surface area (Å²) >= 11 is 5.37. The van der Waals surface area contributed by atoms with Crippen molar-refractivity contribution in [3.05, 3.63) is 104 Å². The zero-order valence-corrected chi connectivity index (χ0v) is 16.9. The number of carbonyl (C=O) groups is 1. The summed E-state index contributed by atoms with van der Waals surface area (Å²) in [6.07, 6.45) is 0. The molecule has 1 aromatic heterocycles. The van der Waals surface area contributed by atoms with E-state index in [9.17, 15) is 14.0 Å². The van der Waals surface area contributed by atoms with Crippen LogP contribution in [0.25, 0.3) is 10.9 Å². The number of aryl methyl sites for hydroxylation is 1. The molecule has 0 bridgehead atoms. The largest absolute Gasteiger partial charge is 0.332 e. The fraction of sp³-hybridized carbons (Fsp3) is 0.0870. The van der Waals surface area contributed by atoms with Crippen molar-refractivity contribution in [3.8, 4) is 0 Å². The maximum Gasteiger partial charge on any atom is 0.262 e. The van der Waals surface area contributed by atoms with Crippen molar-refractivity contribution in [2.45, 2.75) is 13.5 Å². The van der Waals surface area contributed by atoms with E-state index in [1.54, 1.807) is 37.3 Å². The van der Waals surface area contributed by atoms with Crippen LogP contribution >= 0.6 is 12.2 Å². The van der Waals surface area contributed by atoms with Gasteiger partial charge in [-0.3, -0.25) is 14.2 Å². The van der Waals surface area contributed by atoms with E-state index < -0.39 is 11.7 Å². The molecule has 5 nitrogen and oxygen atoms in total. The first-order valence-corrected chi connectivity index (χ1v) is 9.71. The lowest BCUT2D eigenvalue weighted by molar-refractivity contribution is 0.102. The molecule has 0 spiro atoms. The normalized spacial score (nSPS) is 10.9. The van der Waals surface area contributed by atoms with Gasteiger partial charge in [0.05, 0.1) is 17.4 Å². The first-order valence-electron chi connectivity index (χ1n) is 9.31. The fourth-order valence-electron chi connectivity index (χ4n) is 3.18. The molecule has 30 heavy (non-hydrogen) atoms. The summed E-state index contributed by atoms with van der Waals surface area (Å²) < 4.78 is 15.5. The van der Waals surface area contributed by atoms with Crippen LogP contribution in [0.3, 0.4) is 0 Å². The molecule has 4 aromatic rings. The molecule has 0 saturated carbocycles. The van der Waals surface area contributed by atoms with Crippen LogP contribution in [-0.2, 0) is 6.54 Å². The number of fused-ring (bicyclic) bond motifs is 1. The molecule has 2 N–H and O–H groups in total. The number of amides is 1. The average molecular weight is 419 g/mol. The summed E-state index contributed by atoms with van der Waals surface area (Å²) in [5, 5.41) is 3.09. The number of carbonyl (C=O) groups excluding carboxylic acids is 1. The molecular formula is C23H18FN3O2S. The Hall–Kier alpha value is -3.58. The third-order valence-electron chi connectivity index (χ3n) is 4.86. The summed E-state index contributed by atoms with van der Waals surface area (Å²) in [6.45, 7) is 2.00. The molecule has 0 saturated heterocycles. The van der Waals surface area contributed by atoms with E-state index in [2.05, 4.69) is 10.3 Å². The van der Waals surface area contributed by atoms with Crippen molar-refractivity contribution in [1.82, 2.24) is 9.55 Å². The first-order chi connectivity index (χ1) is 14.4. The molecule has 0 aliphatic rings. The zero-order valence-electron chi connectivity index (χ0n) is 16.1. The molecule has 0 aliphatic heterocycles. The number of anilines is 1. The summed E-state index contributed by atoms with van der Waals surface area (Å²) in [7, 11) is 0. The number of hydrogen-bond acceptors (Lipinski definition) is 3. The number of rotatable bonds is 4. The number of aromatic amines is 1. The van der Waals surface area contributed by atoms with Crippen molar-refractivity contribution in [2.24, 2.45) is 0 Å². The second-order valence-corrected chi connectivity index (χ2v) is 7.37. The van der Waals surface area contributed by atoms with Crippen molar-refractivity contribution in [1.29, 1.82) is 0 Å². The van der Waals surface area contributed by atoms with Gasteiger partial charge in [0.1, 0.15) is 5.82 Å². The predicted molar refractivity (Wildman–Crippen MR) is 118 cm³/mol. The van der Waals surface area contributed by atoms with Crippen molar-refractivity contribution in [3.63, 3.8) is 0 Å². The fourth-order valence-corrected chi connectivity index (χ4v) is 3.44. The van der Waals surface area contributed by atoms with E-state index in [-0.39, 0.29) is 10.3 Å². The zero-order chi connectivity index (χ0) is 21.3. The minimum absolute atomic E-state index is 0.231. The quantitative estimate of drug-likeness (QED) is 0.467. The molecule has 4 rings (SSSR count). The molecule has 0 atom stereocenters. The molecule has 1 amide bonds. The highest BCUT2D eigenvalue weighted by Gasteiger charge is 2.12. The van der Waals surface area contributed by atoms with E-state index in [1.165, 1.54) is 10.6 Å². The summed E-state index contributed by atoms with van der Waals surface area (Å²) in [5.74, 6) is -0.803. The third kappa shape index (κ3) is 3.92. The van der Waals surface area contributed by atoms with Gasteiger partial charge in [-0.05, 0) is 60.6 Å². The van der Waals surface area contributed by atoms with Gasteiger partial charge in [0.25, 0.3) is 11.5 Å². The lowest BCUT2D eigenvalue weighted by Gasteiger charge is -2.10. The number of aromatic nitrogens is 2. The number of nitrogens with one attached hydrogen (secondary N) is 2. The Balaban J connectivity index is 1.66. The van der Waals surface area contributed by atoms with Crippen LogP contribution < -0.4 is 10.9 Å². The standard InChI is InChI=1S/C23H18FN3O2S/c1-14-7-9-17(12-19(14)24)25-21(28)16-8-10-18-20(11-16)26-23(30)27(22(18)29)13-15-5-3-2-4-6-15/h2-12H,13H2,1H3,(H,25,28)(H,26,30). The smallest absolute Gasteiger partial charge is 0.262 e. The summed E-state index contributed by atoms with van der Waals surface area (Å²) in [4.78, 5) is 28.5. The Labute approximate surface area is 176 Å². The summed E-state index contributed by atoms with van der Waals surface area (Å²) in [6, 6.07) is 18.8. The minimum Gasteiger partial charge on any atom is -0.332 e. The minimum atomic E-state index is -0.409. The van der Waals surface area contributed by atoms with Gasteiger partial charge < -0.3 is 10.3 Å². The summed E-state index contributed by atoms with van der Waals surface area (Å²) in [5.41, 5.74) is 2.38. The lowest BCUT2D eigenvalue weighted by Crippen LogP contribution is -2.23. The molecule has 0 fully saturated rings. The Morgan fingerprint density at radius 3 is 2.60 bits per heavy atom. The van der Waals surface area contributed by atoms with E-state index in [0.29, 0.717) is 34.3 Å². The molecule has 1 heterocycles. The molecular weight excluding hydrogens is 401 g/mol. The lowest BCUT2D eigenvalue weighted by atomic mass is 10.1. The van der Waals surface area contributed by atoms with E-state index in [4.69, 9.17) is 12.2 Å². The van der Waals surface area contributed by atoms with Crippen LogP contribution in [-0.4, -0.2) is 15.5 Å². The Morgan fingerprint density at radius 2 is 1.87 bits per heavy atom. The van der Waals surface area contributed by atoms with Gasteiger partial charge >= 0.3 is 0 Å². The number of H-pyrrole nitrogens is 1. The second kappa shape index (κ2) is 8.04. The number of benzene rings is 3. The highest BCUT2D eigenvalue weighted by Crippen LogP contribution is 2.17. The van der Waals surface area contributed by atoms with Crippen LogP contribution in [0.5, 0.6) is 0 Å². The van der Waals surface area contributed by atoms with Crippen molar-refractivity contribution in [2.75, 3.05) is 5.32 Å². The van der Waals surface area contributed by atoms with Gasteiger partial charge in [-0.2, -0.15) is 0 Å². The molecule has 150 valence electrons. The van der Waals surface area contributed by atoms with Gasteiger partial charge in [0.15, 0.2) is 4.77 Å². The van der Waals surface area contributed by atoms with Crippen LogP contribution in [0.15, 0.2) is 71.5 Å². The van der Waals surface area contributed by atoms with Crippen LogP contribution in [0.2, 0.25) is 0 Å². The van der Waals surface area contributed by atoms with Gasteiger partial charge in [-0.1, -0.05) is 36.4 Å². The Kier molecular flexibility index (Phi) is 5.29. The molecule has 0 unspecified atom stereocenters. The third-order valence-corrected chi connectivity index (χ3v) is 5.18. The average Bonchev–Trinajstić information content (AvgIpc) is 2.74. The predicted octanol–water partition coefficient (Wildman–Crippen LogP) is 4.81. The maximum atomic E-state index is 13.7. The van der Waals surface area contributed by atoms with Crippen LogP contribution in [0, 0.1) is 17.5 Å². The monoisotopic (exact) mass is 419 g/mol. The first kappa shape index (κ1) is 19.7. The SMILES string of the molecule is Cc1ccc(NC(=O)c2ccc3c(=O)n(Cc4ccccc4)c(=S)[nH]c3c2)cc1F. The van der Waals surface area contributed by atoms with Crippen LogP contribution in [0.4, 0.5) is 10.1 Å². The van der Waals surface area contributed by atoms with E-state index >= 15 is 0 Å². The van der Waals surface area contributed by atoms with E-state index in [1.807, 2.05) is 30.3 Å². The topological polar surface area (TPSA) is 66.9 Å². The number of halogens is 1. The highest BCUT2D eigenvalue weighted by molar-refractivity contribution is 7.71. The van der Waals surface area contributed by atoms with Gasteiger partial charge in [-0.15, -0.1) is 0 Å².